The zero-order chi connectivity index (χ0) is 24.9. The SMILES string of the molecule is CSCCC(NC(=O)OCC1c2ccccc2-c2ccccc21)C(=O)N1CCCC(C(=O)O)C1C. The van der Waals surface area contributed by atoms with Gasteiger partial charge in [-0.1, -0.05) is 48.5 Å². The van der Waals surface area contributed by atoms with Crippen molar-refractivity contribution < 1.29 is 24.2 Å². The summed E-state index contributed by atoms with van der Waals surface area (Å²) < 4.78 is 5.65. The Morgan fingerprint density at radius 3 is 2.34 bits per heavy atom. The van der Waals surface area contributed by atoms with Gasteiger partial charge in [-0.2, -0.15) is 11.8 Å². The molecule has 1 heterocycles. The van der Waals surface area contributed by atoms with E-state index in [-0.39, 0.29) is 18.4 Å². The Kier molecular flexibility index (Phi) is 8.00. The van der Waals surface area contributed by atoms with Gasteiger partial charge < -0.3 is 20.1 Å². The molecule has 0 saturated carbocycles. The highest BCUT2D eigenvalue weighted by Gasteiger charge is 2.38. The van der Waals surface area contributed by atoms with Gasteiger partial charge in [0.2, 0.25) is 5.91 Å². The summed E-state index contributed by atoms with van der Waals surface area (Å²) in [6.45, 7) is 2.44. The van der Waals surface area contributed by atoms with Crippen LogP contribution in [0.3, 0.4) is 0 Å². The van der Waals surface area contributed by atoms with Gasteiger partial charge in [-0.3, -0.25) is 9.59 Å². The lowest BCUT2D eigenvalue weighted by Gasteiger charge is -2.39. The van der Waals surface area contributed by atoms with Crippen LogP contribution < -0.4 is 5.32 Å². The number of thioether (sulfide) groups is 1. The van der Waals surface area contributed by atoms with E-state index >= 15 is 0 Å². The Morgan fingerprint density at radius 1 is 1.11 bits per heavy atom. The van der Waals surface area contributed by atoms with Crippen LogP contribution in [0, 0.1) is 5.92 Å². The zero-order valence-corrected chi connectivity index (χ0v) is 20.9. The smallest absolute Gasteiger partial charge is 0.407 e. The van der Waals surface area contributed by atoms with Crippen molar-refractivity contribution >= 4 is 29.7 Å². The summed E-state index contributed by atoms with van der Waals surface area (Å²) in [6, 6.07) is 15.1. The van der Waals surface area contributed by atoms with Crippen molar-refractivity contribution in [1.29, 1.82) is 0 Å². The minimum atomic E-state index is -0.889. The van der Waals surface area contributed by atoms with Crippen molar-refractivity contribution in [1.82, 2.24) is 10.2 Å². The Morgan fingerprint density at radius 2 is 1.74 bits per heavy atom. The number of benzene rings is 2. The van der Waals surface area contributed by atoms with E-state index in [1.54, 1.807) is 23.6 Å². The van der Waals surface area contributed by atoms with Crippen LogP contribution in [-0.4, -0.2) is 65.2 Å². The van der Waals surface area contributed by atoms with Crippen molar-refractivity contribution in [3.8, 4) is 11.1 Å². The number of aliphatic carboxylic acids is 1. The second kappa shape index (κ2) is 11.2. The predicted molar refractivity (Wildman–Crippen MR) is 137 cm³/mol. The van der Waals surface area contributed by atoms with Crippen LogP contribution >= 0.6 is 11.8 Å². The van der Waals surface area contributed by atoms with Gasteiger partial charge >= 0.3 is 12.1 Å². The van der Waals surface area contributed by atoms with Gasteiger partial charge in [0, 0.05) is 18.5 Å². The number of amides is 2. The third-order valence-corrected chi connectivity index (χ3v) is 7.78. The molecule has 1 aliphatic carbocycles. The van der Waals surface area contributed by atoms with Crippen LogP contribution in [0.2, 0.25) is 0 Å². The van der Waals surface area contributed by atoms with Crippen molar-refractivity contribution in [2.75, 3.05) is 25.2 Å². The molecule has 0 spiro atoms. The lowest BCUT2D eigenvalue weighted by molar-refractivity contribution is -0.149. The summed E-state index contributed by atoms with van der Waals surface area (Å²) in [5, 5.41) is 12.3. The predicted octanol–water partition coefficient (Wildman–Crippen LogP) is 4.36. The number of ether oxygens (including phenoxy) is 1. The largest absolute Gasteiger partial charge is 0.481 e. The number of alkyl carbamates (subject to hydrolysis) is 1. The second-order valence-electron chi connectivity index (χ2n) is 9.16. The minimum absolute atomic E-state index is 0.0630. The number of likely N-dealkylation sites (tertiary alicyclic amines) is 1. The molecule has 2 aromatic rings. The van der Waals surface area contributed by atoms with Crippen LogP contribution in [0.4, 0.5) is 4.79 Å². The van der Waals surface area contributed by atoms with Gasteiger partial charge in [-0.25, -0.2) is 4.79 Å². The van der Waals surface area contributed by atoms with Crippen molar-refractivity contribution in [3.63, 3.8) is 0 Å². The van der Waals surface area contributed by atoms with E-state index in [9.17, 15) is 19.5 Å². The summed E-state index contributed by atoms with van der Waals surface area (Å²) in [4.78, 5) is 39.4. The highest BCUT2D eigenvalue weighted by Crippen LogP contribution is 2.44. The van der Waals surface area contributed by atoms with Gasteiger partial charge in [-0.05, 0) is 60.4 Å². The maximum Gasteiger partial charge on any atom is 0.407 e. The Balaban J connectivity index is 1.43. The number of fused-ring (bicyclic) bond motifs is 3. The molecule has 0 radical (unpaired) electrons. The van der Waals surface area contributed by atoms with E-state index in [1.165, 1.54) is 0 Å². The van der Waals surface area contributed by atoms with E-state index in [2.05, 4.69) is 29.6 Å². The fraction of sp³-hybridized carbons (Fsp3) is 0.444. The molecule has 1 saturated heterocycles. The Bertz CT molecular complexity index is 1050. The molecule has 2 N–H and O–H groups in total. The molecule has 35 heavy (non-hydrogen) atoms. The van der Waals surface area contributed by atoms with Gasteiger partial charge in [-0.15, -0.1) is 0 Å². The second-order valence-corrected chi connectivity index (χ2v) is 10.1. The quantitative estimate of drug-likeness (QED) is 0.564. The van der Waals surface area contributed by atoms with Gasteiger partial charge in [0.25, 0.3) is 0 Å². The van der Waals surface area contributed by atoms with Crippen molar-refractivity contribution in [3.05, 3.63) is 59.7 Å². The molecule has 186 valence electrons. The van der Waals surface area contributed by atoms with E-state index in [0.29, 0.717) is 31.6 Å². The number of hydrogen-bond donors (Lipinski definition) is 2. The number of nitrogens with one attached hydrogen (secondary N) is 1. The van der Waals surface area contributed by atoms with E-state index in [4.69, 9.17) is 4.74 Å². The zero-order valence-electron chi connectivity index (χ0n) is 20.1. The van der Waals surface area contributed by atoms with E-state index < -0.39 is 30.1 Å². The average molecular weight is 497 g/mol. The standard InChI is InChI=1S/C27H32N2O5S/c1-17-18(26(31)32)12-7-14-29(17)25(30)24(13-15-35-2)28-27(33)34-16-23-21-10-5-3-8-19(21)20-9-4-6-11-22(20)23/h3-6,8-11,17-18,23-24H,7,12-16H2,1-2H3,(H,28,33)(H,31,32). The number of nitrogens with zero attached hydrogens (tertiary/aromatic N) is 1. The molecule has 3 atom stereocenters. The lowest BCUT2D eigenvalue weighted by Crippen LogP contribution is -2.56. The molecule has 4 rings (SSSR count). The summed E-state index contributed by atoms with van der Waals surface area (Å²) in [7, 11) is 0. The topological polar surface area (TPSA) is 95.9 Å². The van der Waals surface area contributed by atoms with Crippen molar-refractivity contribution in [2.45, 2.75) is 44.2 Å². The summed E-state index contributed by atoms with van der Waals surface area (Å²) in [6.07, 6.45) is 2.94. The number of carbonyl (C=O) groups is 3. The molecule has 0 aromatic heterocycles. The Hall–Kier alpha value is -3.00. The molecule has 2 aromatic carbocycles. The number of carbonyl (C=O) groups excluding carboxylic acids is 2. The van der Waals surface area contributed by atoms with Crippen molar-refractivity contribution in [2.24, 2.45) is 5.92 Å². The minimum Gasteiger partial charge on any atom is -0.481 e. The van der Waals surface area contributed by atoms with E-state index in [0.717, 1.165) is 22.3 Å². The number of piperidine rings is 1. The first-order valence-corrected chi connectivity index (χ1v) is 13.5. The normalized spacial score (nSPS) is 20.0. The van der Waals surface area contributed by atoms with Gasteiger partial charge in [0.15, 0.2) is 0 Å². The van der Waals surface area contributed by atoms with Crippen LogP contribution in [0.5, 0.6) is 0 Å². The molecule has 0 bridgehead atoms. The number of rotatable bonds is 8. The molecule has 2 aliphatic rings. The summed E-state index contributed by atoms with van der Waals surface area (Å²) in [5.74, 6) is -1.11. The maximum absolute atomic E-state index is 13.4. The van der Waals surface area contributed by atoms with Gasteiger partial charge in [0.1, 0.15) is 12.6 Å². The van der Waals surface area contributed by atoms with E-state index in [1.807, 2.05) is 30.5 Å². The first-order chi connectivity index (χ1) is 16.9. The first-order valence-electron chi connectivity index (χ1n) is 12.1. The van der Waals surface area contributed by atoms with Gasteiger partial charge in [0.05, 0.1) is 5.92 Å². The highest BCUT2D eigenvalue weighted by atomic mass is 32.2. The van der Waals surface area contributed by atoms with Crippen LogP contribution in [0.25, 0.3) is 11.1 Å². The molecular weight excluding hydrogens is 464 g/mol. The third kappa shape index (κ3) is 5.32. The molecular formula is C27H32N2O5S. The molecule has 3 unspecified atom stereocenters. The fourth-order valence-electron chi connectivity index (χ4n) is 5.26. The van der Waals surface area contributed by atoms with Crippen LogP contribution in [0.1, 0.15) is 43.2 Å². The molecule has 2 amide bonds. The Labute approximate surface area is 210 Å². The van der Waals surface area contributed by atoms with Crippen LogP contribution in [0.15, 0.2) is 48.5 Å². The molecule has 8 heteroatoms. The summed E-state index contributed by atoms with van der Waals surface area (Å²) >= 11 is 1.59. The third-order valence-electron chi connectivity index (χ3n) is 7.13. The lowest BCUT2D eigenvalue weighted by atomic mass is 9.89. The maximum atomic E-state index is 13.4. The summed E-state index contributed by atoms with van der Waals surface area (Å²) in [5.41, 5.74) is 4.55. The molecule has 7 nitrogen and oxygen atoms in total. The fourth-order valence-corrected chi connectivity index (χ4v) is 5.73. The average Bonchev–Trinajstić information content (AvgIpc) is 3.18. The first kappa shape index (κ1) is 25.1. The highest BCUT2D eigenvalue weighted by molar-refractivity contribution is 7.98. The van der Waals surface area contributed by atoms with Crippen LogP contribution in [-0.2, 0) is 14.3 Å². The molecule has 1 aliphatic heterocycles. The monoisotopic (exact) mass is 496 g/mol. The molecule has 1 fully saturated rings. The number of hydrogen-bond acceptors (Lipinski definition) is 5. The number of carboxylic acid groups (broad SMARTS) is 1. The number of carboxylic acids is 1.